The Balaban J connectivity index is 2.26. The highest BCUT2D eigenvalue weighted by molar-refractivity contribution is 4.82. The molecule has 0 bridgehead atoms. The van der Waals surface area contributed by atoms with Crippen LogP contribution in [-0.2, 0) is 0 Å². The minimum Gasteiger partial charge on any atom is -0.317 e. The van der Waals surface area contributed by atoms with E-state index in [1.54, 1.807) is 0 Å². The van der Waals surface area contributed by atoms with Crippen LogP contribution >= 0.6 is 0 Å². The molecule has 0 aliphatic carbocycles. The maximum Gasteiger partial charge on any atom is 0.00953 e. The van der Waals surface area contributed by atoms with Gasteiger partial charge in [-0.05, 0) is 65.1 Å². The molecule has 0 aromatic rings. The molecule has 1 heterocycles. The van der Waals surface area contributed by atoms with Crippen LogP contribution in [0.3, 0.4) is 0 Å². The second-order valence-corrected chi connectivity index (χ2v) is 5.44. The van der Waals surface area contributed by atoms with E-state index in [2.05, 4.69) is 37.9 Å². The van der Waals surface area contributed by atoms with E-state index < -0.39 is 0 Å². The summed E-state index contributed by atoms with van der Waals surface area (Å²) in [6, 6.07) is 1.54. The Morgan fingerprint density at radius 2 is 2.12 bits per heavy atom. The first-order valence-corrected chi connectivity index (χ1v) is 7.13. The highest BCUT2D eigenvalue weighted by atomic mass is 15.2. The second kappa shape index (κ2) is 7.29. The average Bonchev–Trinajstić information content (AvgIpc) is 2.28. The largest absolute Gasteiger partial charge is 0.317 e. The molecule has 1 aliphatic heterocycles. The summed E-state index contributed by atoms with van der Waals surface area (Å²) < 4.78 is 0. The van der Waals surface area contributed by atoms with Crippen LogP contribution in [0.5, 0.6) is 0 Å². The Hall–Kier alpha value is -0.0800. The van der Waals surface area contributed by atoms with Crippen molar-refractivity contribution < 1.29 is 0 Å². The molecule has 96 valence electrons. The van der Waals surface area contributed by atoms with Crippen molar-refractivity contribution in [2.24, 2.45) is 5.92 Å². The molecule has 1 N–H and O–H groups in total. The fourth-order valence-electron chi connectivity index (χ4n) is 2.85. The van der Waals surface area contributed by atoms with E-state index in [0.29, 0.717) is 0 Å². The highest BCUT2D eigenvalue weighted by Gasteiger charge is 2.27. The van der Waals surface area contributed by atoms with Crippen LogP contribution in [0.25, 0.3) is 0 Å². The van der Waals surface area contributed by atoms with Crippen LogP contribution in [-0.4, -0.2) is 36.6 Å². The van der Waals surface area contributed by atoms with E-state index in [-0.39, 0.29) is 0 Å². The third kappa shape index (κ3) is 4.06. The van der Waals surface area contributed by atoms with E-state index in [9.17, 15) is 0 Å². The average molecular weight is 226 g/mol. The molecule has 3 atom stereocenters. The molecule has 3 unspecified atom stereocenters. The predicted molar refractivity (Wildman–Crippen MR) is 71.8 cm³/mol. The summed E-state index contributed by atoms with van der Waals surface area (Å²) in [6.45, 7) is 13.0. The molecule has 0 spiro atoms. The summed E-state index contributed by atoms with van der Waals surface area (Å²) in [5, 5.41) is 3.41. The van der Waals surface area contributed by atoms with Gasteiger partial charge in [-0.2, -0.15) is 0 Å². The maximum absolute atomic E-state index is 3.41. The number of hydrogen-bond acceptors (Lipinski definition) is 2. The molecule has 2 heteroatoms. The van der Waals surface area contributed by atoms with Crippen molar-refractivity contribution in [2.75, 3.05) is 19.6 Å². The summed E-state index contributed by atoms with van der Waals surface area (Å²) >= 11 is 0. The van der Waals surface area contributed by atoms with Crippen molar-refractivity contribution in [3.63, 3.8) is 0 Å². The Bertz CT molecular complexity index is 182. The predicted octanol–water partition coefficient (Wildman–Crippen LogP) is 2.89. The lowest BCUT2D eigenvalue weighted by Crippen LogP contribution is -2.47. The van der Waals surface area contributed by atoms with Gasteiger partial charge in [0.1, 0.15) is 0 Å². The lowest BCUT2D eigenvalue weighted by Gasteiger charge is -2.41. The zero-order chi connectivity index (χ0) is 12.0. The Labute approximate surface area is 102 Å². The lowest BCUT2D eigenvalue weighted by molar-refractivity contribution is 0.0709. The van der Waals surface area contributed by atoms with Crippen molar-refractivity contribution in [2.45, 2.75) is 65.5 Å². The topological polar surface area (TPSA) is 15.3 Å². The molecule has 0 amide bonds. The van der Waals surface area contributed by atoms with Crippen molar-refractivity contribution in [1.29, 1.82) is 0 Å². The van der Waals surface area contributed by atoms with Gasteiger partial charge in [0.2, 0.25) is 0 Å². The SMILES string of the molecule is CCNCCCC(C)N1CCCC(C)C1C. The summed E-state index contributed by atoms with van der Waals surface area (Å²) in [6.07, 6.45) is 5.46. The molecule has 1 aliphatic rings. The number of nitrogens with zero attached hydrogens (tertiary/aromatic N) is 1. The zero-order valence-electron chi connectivity index (χ0n) is 11.6. The number of piperidine rings is 1. The standard InChI is InChI=1S/C14H30N2/c1-5-15-10-6-9-13(3)16-11-7-8-12(2)14(16)4/h12-15H,5-11H2,1-4H3. The number of rotatable bonds is 6. The van der Waals surface area contributed by atoms with Gasteiger partial charge < -0.3 is 5.32 Å². The van der Waals surface area contributed by atoms with Crippen LogP contribution in [0.15, 0.2) is 0 Å². The van der Waals surface area contributed by atoms with Crippen LogP contribution in [0.4, 0.5) is 0 Å². The van der Waals surface area contributed by atoms with Crippen molar-refractivity contribution in [3.05, 3.63) is 0 Å². The molecule has 0 radical (unpaired) electrons. The molecule has 1 rings (SSSR count). The Kier molecular flexibility index (Phi) is 6.37. The van der Waals surface area contributed by atoms with Gasteiger partial charge in [-0.15, -0.1) is 0 Å². The molecular formula is C14H30N2. The van der Waals surface area contributed by atoms with Crippen molar-refractivity contribution in [1.82, 2.24) is 10.2 Å². The first-order valence-electron chi connectivity index (χ1n) is 7.13. The molecule has 16 heavy (non-hydrogen) atoms. The fourth-order valence-corrected chi connectivity index (χ4v) is 2.85. The Morgan fingerprint density at radius 1 is 1.38 bits per heavy atom. The van der Waals surface area contributed by atoms with Gasteiger partial charge in [0.15, 0.2) is 0 Å². The van der Waals surface area contributed by atoms with Gasteiger partial charge in [0, 0.05) is 12.1 Å². The van der Waals surface area contributed by atoms with Crippen LogP contribution in [0, 0.1) is 5.92 Å². The minimum absolute atomic E-state index is 0.761. The van der Waals surface area contributed by atoms with E-state index in [0.717, 1.165) is 24.5 Å². The normalized spacial score (nSPS) is 29.2. The third-order valence-electron chi connectivity index (χ3n) is 4.21. The van der Waals surface area contributed by atoms with Gasteiger partial charge in [-0.3, -0.25) is 4.90 Å². The van der Waals surface area contributed by atoms with E-state index >= 15 is 0 Å². The third-order valence-corrected chi connectivity index (χ3v) is 4.21. The summed E-state index contributed by atoms with van der Waals surface area (Å²) in [5.74, 6) is 0.880. The summed E-state index contributed by atoms with van der Waals surface area (Å²) in [5.41, 5.74) is 0. The quantitative estimate of drug-likeness (QED) is 0.701. The monoisotopic (exact) mass is 226 g/mol. The van der Waals surface area contributed by atoms with Gasteiger partial charge in [0.25, 0.3) is 0 Å². The van der Waals surface area contributed by atoms with Crippen LogP contribution < -0.4 is 5.32 Å². The first-order chi connectivity index (χ1) is 7.66. The molecule has 1 fully saturated rings. The minimum atomic E-state index is 0.761. The van der Waals surface area contributed by atoms with Crippen molar-refractivity contribution in [3.8, 4) is 0 Å². The molecule has 1 saturated heterocycles. The van der Waals surface area contributed by atoms with E-state index in [1.165, 1.54) is 38.8 Å². The first kappa shape index (κ1) is 14.0. The lowest BCUT2D eigenvalue weighted by atomic mass is 9.90. The summed E-state index contributed by atoms with van der Waals surface area (Å²) in [7, 11) is 0. The van der Waals surface area contributed by atoms with E-state index in [4.69, 9.17) is 0 Å². The number of nitrogens with one attached hydrogen (secondary N) is 1. The highest BCUT2D eigenvalue weighted by Crippen LogP contribution is 2.25. The maximum atomic E-state index is 3.41. The number of likely N-dealkylation sites (tertiary alicyclic amines) is 1. The van der Waals surface area contributed by atoms with Crippen LogP contribution in [0.2, 0.25) is 0 Å². The van der Waals surface area contributed by atoms with Crippen molar-refractivity contribution >= 4 is 0 Å². The fraction of sp³-hybridized carbons (Fsp3) is 1.00. The Morgan fingerprint density at radius 3 is 2.81 bits per heavy atom. The van der Waals surface area contributed by atoms with E-state index in [1.807, 2.05) is 0 Å². The van der Waals surface area contributed by atoms with Gasteiger partial charge in [-0.1, -0.05) is 13.8 Å². The molecule has 0 saturated carbocycles. The molecular weight excluding hydrogens is 196 g/mol. The van der Waals surface area contributed by atoms with Gasteiger partial charge in [0.05, 0.1) is 0 Å². The summed E-state index contributed by atoms with van der Waals surface area (Å²) in [4.78, 5) is 2.72. The number of hydrogen-bond donors (Lipinski definition) is 1. The smallest absolute Gasteiger partial charge is 0.00953 e. The second-order valence-electron chi connectivity index (χ2n) is 5.44. The molecule has 2 nitrogen and oxygen atoms in total. The zero-order valence-corrected chi connectivity index (χ0v) is 11.6. The van der Waals surface area contributed by atoms with Gasteiger partial charge >= 0.3 is 0 Å². The van der Waals surface area contributed by atoms with Gasteiger partial charge in [-0.25, -0.2) is 0 Å². The van der Waals surface area contributed by atoms with Crippen LogP contribution in [0.1, 0.15) is 53.4 Å². The molecule has 0 aromatic carbocycles. The molecule has 0 aromatic heterocycles.